The molecule has 6 nitrogen and oxygen atoms in total. The van der Waals surface area contributed by atoms with Crippen LogP contribution in [0.15, 0.2) is 85.1 Å². The molecule has 0 aromatic heterocycles. The number of hydrogen-bond donors (Lipinski definition) is 0. The van der Waals surface area contributed by atoms with Crippen LogP contribution in [-0.4, -0.2) is 37.2 Å². The lowest BCUT2D eigenvalue weighted by molar-refractivity contribution is -0.167. The first-order valence-electron chi connectivity index (χ1n) is 30.7. The first kappa shape index (κ1) is 68.6. The molecule has 1 unspecified atom stereocenters. The number of unbranched alkanes of at least 4 members (excludes halogenated alkanes) is 35. The molecule has 0 N–H and O–H groups in total. The van der Waals surface area contributed by atoms with Gasteiger partial charge in [-0.3, -0.25) is 14.4 Å². The maximum absolute atomic E-state index is 12.9. The molecule has 0 aliphatic rings. The predicted molar refractivity (Wildman–Crippen MR) is 311 cm³/mol. The Kier molecular flexibility index (Phi) is 57.3. The summed E-state index contributed by atoms with van der Waals surface area (Å²) in [5, 5.41) is 0. The van der Waals surface area contributed by atoms with Crippen LogP contribution in [0.5, 0.6) is 0 Å². The summed E-state index contributed by atoms with van der Waals surface area (Å²) >= 11 is 0. The summed E-state index contributed by atoms with van der Waals surface area (Å²) in [7, 11) is 0. The number of hydrogen-bond acceptors (Lipinski definition) is 6. The van der Waals surface area contributed by atoms with Gasteiger partial charge >= 0.3 is 17.9 Å². The average Bonchev–Trinajstić information content (AvgIpc) is 3.38. The van der Waals surface area contributed by atoms with E-state index in [0.29, 0.717) is 19.3 Å². The second-order valence-corrected chi connectivity index (χ2v) is 20.4. The van der Waals surface area contributed by atoms with Gasteiger partial charge < -0.3 is 14.2 Å². The lowest BCUT2D eigenvalue weighted by Crippen LogP contribution is -2.30. The summed E-state index contributed by atoms with van der Waals surface area (Å²) < 4.78 is 16.9. The van der Waals surface area contributed by atoms with E-state index in [2.05, 4.69) is 106 Å². The van der Waals surface area contributed by atoms with E-state index in [1.54, 1.807) is 0 Å². The van der Waals surface area contributed by atoms with Gasteiger partial charge in [0.2, 0.25) is 0 Å². The van der Waals surface area contributed by atoms with Crippen molar-refractivity contribution in [1.29, 1.82) is 0 Å². The molecular formula is C66H114O6. The summed E-state index contributed by atoms with van der Waals surface area (Å²) in [4.78, 5) is 38.3. The van der Waals surface area contributed by atoms with E-state index in [4.69, 9.17) is 14.2 Å². The van der Waals surface area contributed by atoms with Crippen LogP contribution in [0, 0.1) is 0 Å². The molecule has 0 aliphatic heterocycles. The standard InChI is InChI=1S/C66H114O6/c1-4-7-10-13-16-19-22-25-28-31-34-37-40-43-46-49-52-55-58-64(67)70-61-63(72-66(69)60-57-54-51-48-45-42-39-36-33-30-27-24-21-18-15-12-9-6-3)62-71-65(68)59-56-53-50-47-44-41-38-35-32-29-26-23-20-17-14-11-8-5-2/h16,19,22,24-25,27-28,30-31,33-34,36-37,39,63H,4-15,17-18,20-21,23,26,29,32,35,38,40-62H2,1-3H3/b19-16-,25-22-,27-24-,31-28-,33-30-,37-34-,39-36-. The van der Waals surface area contributed by atoms with Crippen molar-refractivity contribution in [2.45, 2.75) is 303 Å². The van der Waals surface area contributed by atoms with Gasteiger partial charge in [0.1, 0.15) is 13.2 Å². The van der Waals surface area contributed by atoms with Crippen LogP contribution in [0.1, 0.15) is 297 Å². The zero-order valence-electron chi connectivity index (χ0n) is 47.4. The molecule has 0 rings (SSSR count). The van der Waals surface area contributed by atoms with Gasteiger partial charge in [0.25, 0.3) is 0 Å². The summed E-state index contributed by atoms with van der Waals surface area (Å²) in [6.07, 6.45) is 78.5. The topological polar surface area (TPSA) is 78.9 Å². The Balaban J connectivity index is 4.46. The van der Waals surface area contributed by atoms with Crippen LogP contribution >= 0.6 is 0 Å². The van der Waals surface area contributed by atoms with Crippen molar-refractivity contribution in [3.8, 4) is 0 Å². The Morgan fingerprint density at radius 1 is 0.278 bits per heavy atom. The van der Waals surface area contributed by atoms with Crippen molar-refractivity contribution in [2.75, 3.05) is 13.2 Å². The van der Waals surface area contributed by atoms with Crippen molar-refractivity contribution < 1.29 is 28.6 Å². The van der Waals surface area contributed by atoms with E-state index in [0.717, 1.165) is 109 Å². The zero-order chi connectivity index (χ0) is 52.2. The molecular weight excluding hydrogens is 889 g/mol. The molecule has 0 saturated heterocycles. The first-order chi connectivity index (χ1) is 35.5. The highest BCUT2D eigenvalue weighted by Crippen LogP contribution is 2.16. The Morgan fingerprint density at radius 3 is 0.806 bits per heavy atom. The van der Waals surface area contributed by atoms with Crippen molar-refractivity contribution >= 4 is 17.9 Å². The van der Waals surface area contributed by atoms with Crippen LogP contribution in [0.3, 0.4) is 0 Å². The molecule has 0 heterocycles. The molecule has 0 aromatic carbocycles. The van der Waals surface area contributed by atoms with Crippen molar-refractivity contribution in [3.05, 3.63) is 85.1 Å². The largest absolute Gasteiger partial charge is 0.462 e. The molecule has 0 amide bonds. The molecule has 6 heteroatoms. The number of allylic oxidation sites excluding steroid dienone is 14. The van der Waals surface area contributed by atoms with Gasteiger partial charge in [-0.05, 0) is 70.6 Å². The molecule has 0 fully saturated rings. The van der Waals surface area contributed by atoms with Crippen LogP contribution in [-0.2, 0) is 28.6 Å². The minimum atomic E-state index is -0.798. The molecule has 414 valence electrons. The maximum atomic E-state index is 12.9. The second-order valence-electron chi connectivity index (χ2n) is 20.4. The number of carbonyl (C=O) groups is 3. The van der Waals surface area contributed by atoms with Gasteiger partial charge in [-0.1, -0.05) is 292 Å². The Bertz CT molecular complexity index is 1380. The highest BCUT2D eigenvalue weighted by molar-refractivity contribution is 5.71. The number of esters is 3. The molecule has 0 radical (unpaired) electrons. The third-order valence-corrected chi connectivity index (χ3v) is 13.3. The lowest BCUT2D eigenvalue weighted by atomic mass is 10.0. The van der Waals surface area contributed by atoms with Crippen LogP contribution in [0.2, 0.25) is 0 Å². The molecule has 0 spiro atoms. The summed E-state index contributed by atoms with van der Waals surface area (Å²) in [5.41, 5.74) is 0. The monoisotopic (exact) mass is 1000 g/mol. The normalized spacial score (nSPS) is 12.7. The highest BCUT2D eigenvalue weighted by Gasteiger charge is 2.19. The minimum absolute atomic E-state index is 0.0908. The van der Waals surface area contributed by atoms with Crippen molar-refractivity contribution in [3.63, 3.8) is 0 Å². The van der Waals surface area contributed by atoms with E-state index in [1.165, 1.54) is 148 Å². The summed E-state index contributed by atoms with van der Waals surface area (Å²) in [6.45, 7) is 6.58. The van der Waals surface area contributed by atoms with Crippen LogP contribution < -0.4 is 0 Å². The van der Waals surface area contributed by atoms with E-state index in [-0.39, 0.29) is 31.1 Å². The Labute approximate surface area is 445 Å². The molecule has 0 bridgehead atoms. The van der Waals surface area contributed by atoms with Gasteiger partial charge in [0.05, 0.1) is 0 Å². The fraction of sp³-hybridized carbons (Fsp3) is 0.742. The fourth-order valence-corrected chi connectivity index (χ4v) is 8.63. The number of rotatable bonds is 55. The molecule has 0 saturated carbocycles. The summed E-state index contributed by atoms with van der Waals surface area (Å²) in [6, 6.07) is 0. The van der Waals surface area contributed by atoms with E-state index < -0.39 is 6.10 Å². The molecule has 72 heavy (non-hydrogen) atoms. The summed E-state index contributed by atoms with van der Waals surface area (Å²) in [5.74, 6) is -0.923. The van der Waals surface area contributed by atoms with E-state index in [9.17, 15) is 14.4 Å². The fourth-order valence-electron chi connectivity index (χ4n) is 8.63. The average molecular weight is 1000 g/mol. The number of ether oxygens (including phenoxy) is 3. The van der Waals surface area contributed by atoms with Gasteiger partial charge in [-0.25, -0.2) is 0 Å². The van der Waals surface area contributed by atoms with Gasteiger partial charge in [-0.2, -0.15) is 0 Å². The smallest absolute Gasteiger partial charge is 0.306 e. The molecule has 0 aromatic rings. The highest BCUT2D eigenvalue weighted by atomic mass is 16.6. The quantitative estimate of drug-likeness (QED) is 0.0261. The molecule has 1 atom stereocenters. The van der Waals surface area contributed by atoms with E-state index >= 15 is 0 Å². The SMILES string of the molecule is CCCCC\C=C/C=C\C=C/C=C\CCCCCCCC(=O)OCC(COC(=O)CCCCCCCCCCCCCCCCCCCC)OC(=O)CCCCCCC\C=C/C=C\C=C/CCCCCCC. The second kappa shape index (κ2) is 60.1. The molecule has 0 aliphatic carbocycles. The van der Waals surface area contributed by atoms with Crippen LogP contribution in [0.25, 0.3) is 0 Å². The van der Waals surface area contributed by atoms with Gasteiger partial charge in [0.15, 0.2) is 6.10 Å². The van der Waals surface area contributed by atoms with E-state index in [1.807, 2.05) is 0 Å². The number of carbonyl (C=O) groups excluding carboxylic acids is 3. The zero-order valence-corrected chi connectivity index (χ0v) is 47.4. The first-order valence-corrected chi connectivity index (χ1v) is 30.7. The maximum Gasteiger partial charge on any atom is 0.306 e. The van der Waals surface area contributed by atoms with Crippen molar-refractivity contribution in [1.82, 2.24) is 0 Å². The van der Waals surface area contributed by atoms with Crippen LogP contribution in [0.4, 0.5) is 0 Å². The van der Waals surface area contributed by atoms with Crippen molar-refractivity contribution in [2.24, 2.45) is 0 Å². The third kappa shape index (κ3) is 57.5. The predicted octanol–water partition coefficient (Wildman–Crippen LogP) is 20.7. The Hall–Kier alpha value is -3.41. The third-order valence-electron chi connectivity index (χ3n) is 13.3. The van der Waals surface area contributed by atoms with Gasteiger partial charge in [-0.15, -0.1) is 0 Å². The Morgan fingerprint density at radius 2 is 0.500 bits per heavy atom. The lowest BCUT2D eigenvalue weighted by Gasteiger charge is -2.18. The minimum Gasteiger partial charge on any atom is -0.462 e. The van der Waals surface area contributed by atoms with Gasteiger partial charge in [0, 0.05) is 19.3 Å².